The number of halogens is 1. The Hall–Kier alpha value is -3.67. The summed E-state index contributed by atoms with van der Waals surface area (Å²) in [5, 5.41) is 12.9. The number of aromatic nitrogens is 2. The number of carbonyl (C=O) groups excluding carboxylic acids is 1. The second-order valence-corrected chi connectivity index (χ2v) is 7.55. The van der Waals surface area contributed by atoms with Gasteiger partial charge in [-0.15, -0.1) is 0 Å². The van der Waals surface area contributed by atoms with E-state index in [1.165, 1.54) is 6.07 Å². The van der Waals surface area contributed by atoms with Crippen molar-refractivity contribution in [2.45, 2.75) is 27.2 Å². The molecule has 0 unspecified atom stereocenters. The quantitative estimate of drug-likeness (QED) is 0.474. The molecule has 2 aromatic carbocycles. The zero-order valence-electron chi connectivity index (χ0n) is 17.0. The number of hydrogen-bond acceptors (Lipinski definition) is 3. The standard InChI is InChI=1S/C24H22FN3O2/c1-14-4-8-19(21(29)10-14)26-23(30)12-20-24(17-6-7-18(25)16(3)11-17)27-22-9-5-15(2)13-28(20)22/h4-11,13,29H,12H2,1-3H3,(H,26,30). The molecule has 2 aromatic heterocycles. The van der Waals surface area contributed by atoms with Crippen molar-refractivity contribution in [3.05, 3.63) is 82.9 Å². The number of phenolic OH excluding ortho intramolecular Hbond substituents is 1. The van der Waals surface area contributed by atoms with E-state index in [9.17, 15) is 14.3 Å². The minimum absolute atomic E-state index is 0.0201. The van der Waals surface area contributed by atoms with E-state index in [1.54, 1.807) is 31.2 Å². The maximum Gasteiger partial charge on any atom is 0.230 e. The number of nitrogens with one attached hydrogen (secondary N) is 1. The van der Waals surface area contributed by atoms with Gasteiger partial charge in [0.2, 0.25) is 5.91 Å². The fraction of sp³-hybridized carbons (Fsp3) is 0.167. The van der Waals surface area contributed by atoms with Crippen LogP contribution in [0.4, 0.5) is 10.1 Å². The largest absolute Gasteiger partial charge is 0.506 e. The molecule has 0 saturated heterocycles. The number of hydrogen-bond donors (Lipinski definition) is 2. The third-order valence-corrected chi connectivity index (χ3v) is 5.05. The summed E-state index contributed by atoms with van der Waals surface area (Å²) in [7, 11) is 0. The van der Waals surface area contributed by atoms with E-state index >= 15 is 0 Å². The molecular weight excluding hydrogens is 381 g/mol. The highest BCUT2D eigenvalue weighted by Gasteiger charge is 2.18. The summed E-state index contributed by atoms with van der Waals surface area (Å²) in [6.07, 6.45) is 1.97. The van der Waals surface area contributed by atoms with Gasteiger partial charge in [-0.25, -0.2) is 9.37 Å². The number of nitrogens with zero attached hydrogens (tertiary/aromatic N) is 2. The minimum Gasteiger partial charge on any atom is -0.506 e. The Morgan fingerprint density at radius 2 is 1.83 bits per heavy atom. The molecule has 0 saturated carbocycles. The Morgan fingerprint density at radius 1 is 1.07 bits per heavy atom. The van der Waals surface area contributed by atoms with Gasteiger partial charge in [-0.05, 0) is 73.9 Å². The molecule has 0 aliphatic heterocycles. The van der Waals surface area contributed by atoms with Crippen LogP contribution in [0.2, 0.25) is 0 Å². The number of pyridine rings is 1. The molecule has 0 bridgehead atoms. The van der Waals surface area contributed by atoms with Crippen LogP contribution in [-0.4, -0.2) is 20.4 Å². The number of amides is 1. The van der Waals surface area contributed by atoms with Crippen molar-refractivity contribution >= 4 is 17.2 Å². The first kappa shape index (κ1) is 19.6. The molecule has 30 heavy (non-hydrogen) atoms. The number of benzene rings is 2. The fourth-order valence-electron chi connectivity index (χ4n) is 3.49. The van der Waals surface area contributed by atoms with Gasteiger partial charge in [0.15, 0.2) is 0 Å². The monoisotopic (exact) mass is 403 g/mol. The number of anilines is 1. The maximum atomic E-state index is 13.8. The number of aromatic hydroxyl groups is 1. The maximum absolute atomic E-state index is 13.8. The minimum atomic E-state index is -0.285. The Labute approximate surface area is 173 Å². The predicted octanol–water partition coefficient (Wildman–Crippen LogP) is 4.95. The van der Waals surface area contributed by atoms with E-state index in [0.29, 0.717) is 28.3 Å². The van der Waals surface area contributed by atoms with E-state index in [1.807, 2.05) is 42.6 Å². The zero-order chi connectivity index (χ0) is 21.4. The Morgan fingerprint density at radius 3 is 2.57 bits per heavy atom. The van der Waals surface area contributed by atoms with Gasteiger partial charge in [0.1, 0.15) is 17.2 Å². The lowest BCUT2D eigenvalue weighted by molar-refractivity contribution is -0.115. The normalized spacial score (nSPS) is 11.1. The first-order valence-corrected chi connectivity index (χ1v) is 9.65. The summed E-state index contributed by atoms with van der Waals surface area (Å²) < 4.78 is 15.7. The van der Waals surface area contributed by atoms with Gasteiger partial charge in [0, 0.05) is 11.8 Å². The van der Waals surface area contributed by atoms with Crippen LogP contribution < -0.4 is 5.32 Å². The molecule has 152 valence electrons. The third-order valence-electron chi connectivity index (χ3n) is 5.05. The number of rotatable bonds is 4. The van der Waals surface area contributed by atoms with Gasteiger partial charge in [-0.3, -0.25) is 4.79 Å². The van der Waals surface area contributed by atoms with Gasteiger partial charge < -0.3 is 14.8 Å². The summed E-state index contributed by atoms with van der Waals surface area (Å²) in [4.78, 5) is 17.5. The summed E-state index contributed by atoms with van der Waals surface area (Å²) in [6.45, 7) is 5.53. The van der Waals surface area contributed by atoms with Crippen molar-refractivity contribution in [3.63, 3.8) is 0 Å². The highest BCUT2D eigenvalue weighted by Crippen LogP contribution is 2.28. The van der Waals surface area contributed by atoms with Crippen molar-refractivity contribution < 1.29 is 14.3 Å². The summed E-state index contributed by atoms with van der Waals surface area (Å²) >= 11 is 0. The predicted molar refractivity (Wildman–Crippen MR) is 115 cm³/mol. The average Bonchev–Trinajstić information content (AvgIpc) is 3.04. The topological polar surface area (TPSA) is 66.6 Å². The van der Waals surface area contributed by atoms with Crippen LogP contribution in [0.3, 0.4) is 0 Å². The molecule has 5 nitrogen and oxygen atoms in total. The number of aryl methyl sites for hydroxylation is 3. The van der Waals surface area contributed by atoms with E-state index in [2.05, 4.69) is 5.32 Å². The highest BCUT2D eigenvalue weighted by atomic mass is 19.1. The highest BCUT2D eigenvalue weighted by molar-refractivity contribution is 5.94. The molecule has 0 aliphatic carbocycles. The lowest BCUT2D eigenvalue weighted by Crippen LogP contribution is -2.16. The second kappa shape index (κ2) is 7.63. The van der Waals surface area contributed by atoms with Gasteiger partial charge >= 0.3 is 0 Å². The van der Waals surface area contributed by atoms with Crippen LogP contribution in [0.5, 0.6) is 5.75 Å². The van der Waals surface area contributed by atoms with Gasteiger partial charge in [-0.1, -0.05) is 12.1 Å². The van der Waals surface area contributed by atoms with Crippen molar-refractivity contribution in [3.8, 4) is 17.0 Å². The number of carbonyl (C=O) groups is 1. The average molecular weight is 403 g/mol. The molecule has 1 amide bonds. The van der Waals surface area contributed by atoms with Gasteiger partial charge in [0.05, 0.1) is 23.5 Å². The third kappa shape index (κ3) is 3.76. The van der Waals surface area contributed by atoms with E-state index in [0.717, 1.165) is 16.7 Å². The van der Waals surface area contributed by atoms with E-state index < -0.39 is 0 Å². The number of phenols is 1. The molecule has 4 aromatic rings. The van der Waals surface area contributed by atoms with Crippen LogP contribution >= 0.6 is 0 Å². The summed E-state index contributed by atoms with van der Waals surface area (Å²) in [6, 6.07) is 13.7. The van der Waals surface area contributed by atoms with E-state index in [4.69, 9.17) is 4.98 Å². The molecule has 4 rings (SSSR count). The summed E-state index contributed by atoms with van der Waals surface area (Å²) in [5.74, 6) is -0.545. The molecule has 2 N–H and O–H groups in total. The molecule has 0 aliphatic rings. The Kier molecular flexibility index (Phi) is 4.99. The molecule has 0 fully saturated rings. The number of fused-ring (bicyclic) bond motifs is 1. The molecule has 2 heterocycles. The van der Waals surface area contributed by atoms with Crippen molar-refractivity contribution in [2.75, 3.05) is 5.32 Å². The van der Waals surface area contributed by atoms with Crippen molar-refractivity contribution in [1.29, 1.82) is 0 Å². The Balaban J connectivity index is 1.75. The number of imidazole rings is 1. The van der Waals surface area contributed by atoms with Crippen LogP contribution in [0.1, 0.15) is 22.4 Å². The molecule has 0 spiro atoms. The smallest absolute Gasteiger partial charge is 0.230 e. The summed E-state index contributed by atoms with van der Waals surface area (Å²) in [5.41, 5.74) is 5.58. The lowest BCUT2D eigenvalue weighted by atomic mass is 10.1. The SMILES string of the molecule is Cc1ccc(NC(=O)Cc2c(-c3ccc(F)c(C)c3)nc3ccc(C)cn23)c(O)c1. The van der Waals surface area contributed by atoms with Crippen LogP contribution in [-0.2, 0) is 11.2 Å². The van der Waals surface area contributed by atoms with Crippen LogP contribution in [0.15, 0.2) is 54.7 Å². The van der Waals surface area contributed by atoms with Crippen molar-refractivity contribution in [2.24, 2.45) is 0 Å². The molecule has 6 heteroatoms. The van der Waals surface area contributed by atoms with Gasteiger partial charge in [0.25, 0.3) is 0 Å². The van der Waals surface area contributed by atoms with E-state index in [-0.39, 0.29) is 23.9 Å². The first-order chi connectivity index (χ1) is 14.3. The first-order valence-electron chi connectivity index (χ1n) is 9.65. The zero-order valence-corrected chi connectivity index (χ0v) is 17.0. The molecule has 0 radical (unpaired) electrons. The van der Waals surface area contributed by atoms with Crippen molar-refractivity contribution in [1.82, 2.24) is 9.38 Å². The second-order valence-electron chi connectivity index (χ2n) is 7.55. The van der Waals surface area contributed by atoms with Crippen LogP contribution in [0.25, 0.3) is 16.9 Å². The lowest BCUT2D eigenvalue weighted by Gasteiger charge is -2.10. The molecule has 0 atom stereocenters. The Bertz CT molecular complexity index is 1280. The fourth-order valence-corrected chi connectivity index (χ4v) is 3.49. The molecular formula is C24H22FN3O2. The van der Waals surface area contributed by atoms with Crippen LogP contribution in [0, 0.1) is 26.6 Å². The van der Waals surface area contributed by atoms with Gasteiger partial charge in [-0.2, -0.15) is 0 Å².